The van der Waals surface area contributed by atoms with Crippen molar-refractivity contribution in [3.8, 4) is 23.0 Å². The first kappa shape index (κ1) is 14.4. The van der Waals surface area contributed by atoms with Crippen molar-refractivity contribution in [1.82, 2.24) is 10.1 Å². The van der Waals surface area contributed by atoms with Crippen molar-refractivity contribution in [3.63, 3.8) is 0 Å². The maximum atomic E-state index is 12.0. The van der Waals surface area contributed by atoms with E-state index in [9.17, 15) is 4.79 Å². The molecule has 4 rings (SSSR count). The Morgan fingerprint density at radius 1 is 1.08 bits per heavy atom. The van der Waals surface area contributed by atoms with Gasteiger partial charge in [0.05, 0.1) is 11.1 Å². The maximum Gasteiger partial charge on any atom is 0.293 e. The zero-order chi connectivity index (χ0) is 16.4. The van der Waals surface area contributed by atoms with Crippen LogP contribution in [-0.2, 0) is 0 Å². The van der Waals surface area contributed by atoms with Crippen molar-refractivity contribution in [3.05, 3.63) is 65.1 Å². The van der Waals surface area contributed by atoms with Gasteiger partial charge in [-0.05, 0) is 47.8 Å². The van der Waals surface area contributed by atoms with Gasteiger partial charge in [-0.2, -0.15) is 4.98 Å². The normalized spacial score (nSPS) is 10.7. The van der Waals surface area contributed by atoms with E-state index in [-0.39, 0.29) is 5.91 Å². The zero-order valence-electron chi connectivity index (χ0n) is 12.3. The Morgan fingerprint density at radius 3 is 2.67 bits per heavy atom. The van der Waals surface area contributed by atoms with Gasteiger partial charge in [-0.25, -0.2) is 0 Å². The summed E-state index contributed by atoms with van der Waals surface area (Å²) in [6.45, 7) is 0. The van der Waals surface area contributed by atoms with Crippen LogP contribution in [-0.4, -0.2) is 16.0 Å². The highest BCUT2D eigenvalue weighted by molar-refractivity contribution is 7.12. The largest absolute Gasteiger partial charge is 0.459 e. The Hall–Kier alpha value is -3.19. The van der Waals surface area contributed by atoms with Crippen molar-refractivity contribution in [1.29, 1.82) is 0 Å². The molecule has 0 spiro atoms. The summed E-state index contributed by atoms with van der Waals surface area (Å²) in [5, 5.41) is 8.65. The molecule has 0 aliphatic carbocycles. The second-order valence-corrected chi connectivity index (χ2v) is 5.86. The molecule has 3 aromatic heterocycles. The SMILES string of the molecule is O=C(Nc1ccc(-c2noc(-c3ccco3)n2)cc1)c1cccs1. The fourth-order valence-corrected chi connectivity index (χ4v) is 2.76. The van der Waals surface area contributed by atoms with Gasteiger partial charge >= 0.3 is 0 Å². The van der Waals surface area contributed by atoms with Gasteiger partial charge in [0.1, 0.15) is 0 Å². The molecule has 0 aliphatic rings. The Labute approximate surface area is 140 Å². The summed E-state index contributed by atoms with van der Waals surface area (Å²) in [5.74, 6) is 1.17. The molecule has 0 bridgehead atoms. The van der Waals surface area contributed by atoms with E-state index >= 15 is 0 Å². The van der Waals surface area contributed by atoms with Crippen LogP contribution in [0.4, 0.5) is 5.69 Å². The predicted molar refractivity (Wildman–Crippen MR) is 89.7 cm³/mol. The molecule has 0 aliphatic heterocycles. The van der Waals surface area contributed by atoms with E-state index in [1.54, 1.807) is 36.6 Å². The standard InChI is InChI=1S/C17H11N3O3S/c21-16(14-4-2-10-24-14)18-12-7-5-11(6-8-12)15-19-17(23-20-15)13-3-1-9-22-13/h1-10H,(H,18,21). The van der Waals surface area contributed by atoms with Crippen LogP contribution in [0.2, 0.25) is 0 Å². The number of anilines is 1. The number of hydrogen-bond acceptors (Lipinski definition) is 6. The van der Waals surface area contributed by atoms with Crippen molar-refractivity contribution in [2.24, 2.45) is 0 Å². The second kappa shape index (κ2) is 6.13. The molecule has 118 valence electrons. The molecule has 6 nitrogen and oxygen atoms in total. The minimum absolute atomic E-state index is 0.127. The topological polar surface area (TPSA) is 81.2 Å². The highest BCUT2D eigenvalue weighted by Gasteiger charge is 2.13. The molecule has 7 heteroatoms. The molecule has 0 saturated carbocycles. The molecule has 1 amide bonds. The summed E-state index contributed by atoms with van der Waals surface area (Å²) in [7, 11) is 0. The lowest BCUT2D eigenvalue weighted by atomic mass is 10.2. The number of carbonyl (C=O) groups excluding carboxylic acids is 1. The summed E-state index contributed by atoms with van der Waals surface area (Å²) >= 11 is 1.40. The Balaban J connectivity index is 1.51. The quantitative estimate of drug-likeness (QED) is 0.600. The number of nitrogens with zero attached hydrogens (tertiary/aromatic N) is 2. The molecule has 0 saturated heterocycles. The number of thiophene rings is 1. The van der Waals surface area contributed by atoms with Gasteiger partial charge in [-0.3, -0.25) is 4.79 Å². The van der Waals surface area contributed by atoms with Crippen molar-refractivity contribution >= 4 is 22.9 Å². The molecular weight excluding hydrogens is 326 g/mol. The Morgan fingerprint density at radius 2 is 1.96 bits per heavy atom. The first-order valence-corrected chi connectivity index (χ1v) is 8.00. The number of carbonyl (C=O) groups is 1. The van der Waals surface area contributed by atoms with Gasteiger partial charge in [0.2, 0.25) is 5.82 Å². The van der Waals surface area contributed by atoms with Gasteiger partial charge in [0.15, 0.2) is 5.76 Å². The lowest BCUT2D eigenvalue weighted by Crippen LogP contribution is -2.09. The van der Waals surface area contributed by atoms with Crippen LogP contribution in [0.15, 0.2) is 69.1 Å². The number of rotatable bonds is 4. The summed E-state index contributed by atoms with van der Waals surface area (Å²) in [5.41, 5.74) is 1.48. The first-order chi connectivity index (χ1) is 11.8. The molecule has 0 radical (unpaired) electrons. The fraction of sp³-hybridized carbons (Fsp3) is 0. The van der Waals surface area contributed by atoms with Gasteiger partial charge in [0, 0.05) is 11.3 Å². The highest BCUT2D eigenvalue weighted by atomic mass is 32.1. The maximum absolute atomic E-state index is 12.0. The number of benzene rings is 1. The molecule has 1 aromatic carbocycles. The summed E-state index contributed by atoms with van der Waals surface area (Å²) < 4.78 is 10.4. The van der Waals surface area contributed by atoms with Gasteiger partial charge < -0.3 is 14.3 Å². The molecule has 1 N–H and O–H groups in total. The third-order valence-electron chi connectivity index (χ3n) is 3.30. The molecule has 3 heterocycles. The zero-order valence-corrected chi connectivity index (χ0v) is 13.1. The van der Waals surface area contributed by atoms with Crippen LogP contribution in [0.5, 0.6) is 0 Å². The van der Waals surface area contributed by atoms with Gasteiger partial charge in [0.25, 0.3) is 11.8 Å². The smallest absolute Gasteiger partial charge is 0.293 e. The van der Waals surface area contributed by atoms with E-state index in [1.165, 1.54) is 11.3 Å². The van der Waals surface area contributed by atoms with Crippen molar-refractivity contribution < 1.29 is 13.7 Å². The van der Waals surface area contributed by atoms with E-state index in [2.05, 4.69) is 15.5 Å². The molecular formula is C17H11N3O3S. The van der Waals surface area contributed by atoms with Crippen LogP contribution in [0, 0.1) is 0 Å². The van der Waals surface area contributed by atoms with E-state index < -0.39 is 0 Å². The van der Waals surface area contributed by atoms with Gasteiger partial charge in [-0.1, -0.05) is 11.2 Å². The third kappa shape index (κ3) is 2.84. The number of nitrogens with one attached hydrogen (secondary N) is 1. The van der Waals surface area contributed by atoms with Crippen molar-refractivity contribution in [2.75, 3.05) is 5.32 Å². The Kier molecular flexibility index (Phi) is 3.68. The second-order valence-electron chi connectivity index (χ2n) is 4.91. The number of amides is 1. The Bertz CT molecular complexity index is 942. The molecule has 0 fully saturated rings. The van der Waals surface area contributed by atoms with E-state index in [0.29, 0.717) is 28.0 Å². The highest BCUT2D eigenvalue weighted by Crippen LogP contribution is 2.23. The van der Waals surface area contributed by atoms with Crippen LogP contribution < -0.4 is 5.32 Å². The van der Waals surface area contributed by atoms with E-state index in [1.807, 2.05) is 23.6 Å². The van der Waals surface area contributed by atoms with Crippen LogP contribution in [0.1, 0.15) is 9.67 Å². The van der Waals surface area contributed by atoms with E-state index in [4.69, 9.17) is 8.94 Å². The molecule has 0 atom stereocenters. The summed E-state index contributed by atoms with van der Waals surface area (Å²) in [4.78, 5) is 17.0. The van der Waals surface area contributed by atoms with Crippen LogP contribution in [0.25, 0.3) is 23.0 Å². The van der Waals surface area contributed by atoms with Crippen LogP contribution in [0.3, 0.4) is 0 Å². The minimum atomic E-state index is -0.127. The molecule has 0 unspecified atom stereocenters. The third-order valence-corrected chi connectivity index (χ3v) is 4.17. The number of furan rings is 1. The molecule has 4 aromatic rings. The average Bonchev–Trinajstić information content (AvgIpc) is 3.35. The number of aromatic nitrogens is 2. The summed E-state index contributed by atoms with van der Waals surface area (Å²) in [6, 6.07) is 14.4. The minimum Gasteiger partial charge on any atom is -0.459 e. The lowest BCUT2D eigenvalue weighted by Gasteiger charge is -2.03. The average molecular weight is 337 g/mol. The first-order valence-electron chi connectivity index (χ1n) is 7.12. The summed E-state index contributed by atoms with van der Waals surface area (Å²) in [6.07, 6.45) is 1.55. The monoisotopic (exact) mass is 337 g/mol. The van der Waals surface area contributed by atoms with Gasteiger partial charge in [-0.15, -0.1) is 11.3 Å². The van der Waals surface area contributed by atoms with Crippen molar-refractivity contribution in [2.45, 2.75) is 0 Å². The fourth-order valence-electron chi connectivity index (χ4n) is 2.14. The predicted octanol–water partition coefficient (Wildman–Crippen LogP) is 4.31. The van der Waals surface area contributed by atoms with E-state index in [0.717, 1.165) is 5.56 Å². The lowest BCUT2D eigenvalue weighted by molar-refractivity contribution is 0.103. The van der Waals surface area contributed by atoms with Crippen LogP contribution >= 0.6 is 11.3 Å². The number of hydrogen-bond donors (Lipinski definition) is 1. The molecule has 24 heavy (non-hydrogen) atoms.